The van der Waals surface area contributed by atoms with Gasteiger partial charge in [0, 0.05) is 18.5 Å². The van der Waals surface area contributed by atoms with E-state index in [2.05, 4.69) is 5.32 Å². The summed E-state index contributed by atoms with van der Waals surface area (Å²) < 4.78 is 0. The number of nitrogens with two attached hydrogens (primary N) is 1. The van der Waals surface area contributed by atoms with E-state index in [-0.39, 0.29) is 17.9 Å². The molecule has 0 fully saturated rings. The third kappa shape index (κ3) is 3.72. The van der Waals surface area contributed by atoms with Crippen molar-refractivity contribution < 1.29 is 4.79 Å². The van der Waals surface area contributed by atoms with E-state index < -0.39 is 0 Å². The molecule has 1 amide bonds. The van der Waals surface area contributed by atoms with Crippen molar-refractivity contribution >= 4 is 5.91 Å². The normalized spacial score (nSPS) is 13.1. The molecule has 0 unspecified atom stereocenters. The molecule has 3 heteroatoms. The number of amides is 1. The SMILES string of the molecule is CCC(CC)C(=O)N[C@H](C)CN. The minimum atomic E-state index is 0.0955. The van der Waals surface area contributed by atoms with Crippen LogP contribution in [-0.4, -0.2) is 18.5 Å². The minimum Gasteiger partial charge on any atom is -0.352 e. The Kier molecular flexibility index (Phi) is 5.72. The molecule has 0 radical (unpaired) electrons. The lowest BCUT2D eigenvalue weighted by molar-refractivity contribution is -0.125. The first-order valence-electron chi connectivity index (χ1n) is 4.66. The van der Waals surface area contributed by atoms with Gasteiger partial charge in [-0.3, -0.25) is 4.79 Å². The molecule has 0 spiro atoms. The van der Waals surface area contributed by atoms with Gasteiger partial charge < -0.3 is 11.1 Å². The molecule has 0 heterocycles. The van der Waals surface area contributed by atoms with Gasteiger partial charge in [-0.2, -0.15) is 0 Å². The van der Waals surface area contributed by atoms with Crippen molar-refractivity contribution in [3.63, 3.8) is 0 Å². The Balaban J connectivity index is 3.84. The molecule has 0 aromatic carbocycles. The topological polar surface area (TPSA) is 55.1 Å². The Bertz CT molecular complexity index is 132. The summed E-state index contributed by atoms with van der Waals surface area (Å²) in [7, 11) is 0. The van der Waals surface area contributed by atoms with Gasteiger partial charge in [0.05, 0.1) is 0 Å². The zero-order chi connectivity index (χ0) is 9.56. The maximum absolute atomic E-state index is 11.4. The Hall–Kier alpha value is -0.570. The summed E-state index contributed by atoms with van der Waals surface area (Å²) in [6.07, 6.45) is 1.80. The predicted octanol–water partition coefficient (Wildman–Crippen LogP) is 0.886. The zero-order valence-electron chi connectivity index (χ0n) is 8.26. The van der Waals surface area contributed by atoms with Gasteiger partial charge in [-0.05, 0) is 19.8 Å². The highest BCUT2D eigenvalue weighted by atomic mass is 16.1. The molecular formula is C9H20N2O. The second-order valence-corrected chi connectivity index (χ2v) is 3.16. The van der Waals surface area contributed by atoms with Gasteiger partial charge in [0.2, 0.25) is 5.91 Å². The first kappa shape index (κ1) is 11.4. The summed E-state index contributed by atoms with van der Waals surface area (Å²) in [6, 6.07) is 0.0955. The molecule has 0 aliphatic rings. The molecule has 3 nitrogen and oxygen atoms in total. The van der Waals surface area contributed by atoms with Gasteiger partial charge in [0.25, 0.3) is 0 Å². The number of rotatable bonds is 5. The summed E-state index contributed by atoms with van der Waals surface area (Å²) in [4.78, 5) is 11.4. The van der Waals surface area contributed by atoms with Gasteiger partial charge >= 0.3 is 0 Å². The van der Waals surface area contributed by atoms with Gasteiger partial charge in [-0.15, -0.1) is 0 Å². The van der Waals surface area contributed by atoms with Crippen LogP contribution in [0.2, 0.25) is 0 Å². The van der Waals surface area contributed by atoms with E-state index in [1.807, 2.05) is 20.8 Å². The van der Waals surface area contributed by atoms with E-state index in [1.165, 1.54) is 0 Å². The zero-order valence-corrected chi connectivity index (χ0v) is 8.26. The Morgan fingerprint density at radius 2 is 1.92 bits per heavy atom. The third-order valence-electron chi connectivity index (χ3n) is 2.10. The van der Waals surface area contributed by atoms with Crippen molar-refractivity contribution in [2.24, 2.45) is 11.7 Å². The van der Waals surface area contributed by atoms with E-state index in [9.17, 15) is 4.79 Å². The molecule has 0 saturated carbocycles. The van der Waals surface area contributed by atoms with Gasteiger partial charge in [-0.1, -0.05) is 13.8 Å². The fraction of sp³-hybridized carbons (Fsp3) is 0.889. The average molecular weight is 172 g/mol. The number of hydrogen-bond acceptors (Lipinski definition) is 2. The highest BCUT2D eigenvalue weighted by molar-refractivity contribution is 5.78. The van der Waals surface area contributed by atoms with E-state index >= 15 is 0 Å². The maximum Gasteiger partial charge on any atom is 0.223 e. The molecule has 72 valence electrons. The average Bonchev–Trinajstić information content (AvgIpc) is 2.06. The summed E-state index contributed by atoms with van der Waals surface area (Å²) in [5.41, 5.74) is 5.39. The molecule has 3 N–H and O–H groups in total. The maximum atomic E-state index is 11.4. The first-order valence-corrected chi connectivity index (χ1v) is 4.66. The summed E-state index contributed by atoms with van der Waals surface area (Å²) in [6.45, 7) is 6.48. The Morgan fingerprint density at radius 3 is 2.25 bits per heavy atom. The number of hydrogen-bond donors (Lipinski definition) is 2. The second kappa shape index (κ2) is 6.00. The summed E-state index contributed by atoms with van der Waals surface area (Å²) >= 11 is 0. The fourth-order valence-corrected chi connectivity index (χ4v) is 1.08. The molecule has 0 aromatic rings. The number of carbonyl (C=O) groups is 1. The van der Waals surface area contributed by atoms with Gasteiger partial charge in [-0.25, -0.2) is 0 Å². The molecule has 0 rings (SSSR count). The van der Waals surface area contributed by atoms with Crippen molar-refractivity contribution in [1.82, 2.24) is 5.32 Å². The van der Waals surface area contributed by atoms with Crippen molar-refractivity contribution in [1.29, 1.82) is 0 Å². The molecule has 0 aliphatic heterocycles. The number of nitrogens with one attached hydrogen (secondary N) is 1. The molecule has 0 bridgehead atoms. The van der Waals surface area contributed by atoms with Crippen LogP contribution < -0.4 is 11.1 Å². The highest BCUT2D eigenvalue weighted by Crippen LogP contribution is 2.06. The van der Waals surface area contributed by atoms with E-state index in [1.54, 1.807) is 0 Å². The van der Waals surface area contributed by atoms with Crippen LogP contribution in [0, 0.1) is 5.92 Å². The lowest BCUT2D eigenvalue weighted by atomic mass is 10.0. The van der Waals surface area contributed by atoms with Crippen molar-refractivity contribution in [2.45, 2.75) is 39.7 Å². The minimum absolute atomic E-state index is 0.0955. The molecular weight excluding hydrogens is 152 g/mol. The van der Waals surface area contributed by atoms with Crippen molar-refractivity contribution in [2.75, 3.05) is 6.54 Å². The lowest BCUT2D eigenvalue weighted by Crippen LogP contribution is -2.40. The quantitative estimate of drug-likeness (QED) is 0.647. The predicted molar refractivity (Wildman–Crippen MR) is 50.7 cm³/mol. The molecule has 0 saturated heterocycles. The van der Waals surface area contributed by atoms with Crippen LogP contribution in [0.1, 0.15) is 33.6 Å². The molecule has 0 aromatic heterocycles. The second-order valence-electron chi connectivity index (χ2n) is 3.16. The van der Waals surface area contributed by atoms with Crippen LogP contribution in [0.25, 0.3) is 0 Å². The van der Waals surface area contributed by atoms with Crippen LogP contribution in [0.15, 0.2) is 0 Å². The molecule has 1 atom stereocenters. The number of carbonyl (C=O) groups excluding carboxylic acids is 1. The smallest absolute Gasteiger partial charge is 0.223 e. The van der Waals surface area contributed by atoms with Crippen LogP contribution >= 0.6 is 0 Å². The fourth-order valence-electron chi connectivity index (χ4n) is 1.08. The van der Waals surface area contributed by atoms with E-state index in [0.29, 0.717) is 6.54 Å². The third-order valence-corrected chi connectivity index (χ3v) is 2.10. The Labute approximate surface area is 74.7 Å². The van der Waals surface area contributed by atoms with Gasteiger partial charge in [0.15, 0.2) is 0 Å². The van der Waals surface area contributed by atoms with E-state index in [4.69, 9.17) is 5.73 Å². The summed E-state index contributed by atoms with van der Waals surface area (Å²) in [5, 5.41) is 2.87. The van der Waals surface area contributed by atoms with Crippen LogP contribution in [0.4, 0.5) is 0 Å². The summed E-state index contributed by atoms with van der Waals surface area (Å²) in [5.74, 6) is 0.289. The standard InChI is InChI=1S/C9H20N2O/c1-4-8(5-2)9(12)11-7(3)6-10/h7-8H,4-6,10H2,1-3H3,(H,11,12)/t7-/m1/s1. The largest absolute Gasteiger partial charge is 0.352 e. The van der Waals surface area contributed by atoms with Gasteiger partial charge in [0.1, 0.15) is 0 Å². The Morgan fingerprint density at radius 1 is 1.42 bits per heavy atom. The van der Waals surface area contributed by atoms with Crippen LogP contribution in [0.5, 0.6) is 0 Å². The van der Waals surface area contributed by atoms with Crippen molar-refractivity contribution in [3.8, 4) is 0 Å². The monoisotopic (exact) mass is 172 g/mol. The lowest BCUT2D eigenvalue weighted by Gasteiger charge is -2.16. The van der Waals surface area contributed by atoms with Crippen LogP contribution in [0.3, 0.4) is 0 Å². The highest BCUT2D eigenvalue weighted by Gasteiger charge is 2.14. The molecule has 0 aliphatic carbocycles. The van der Waals surface area contributed by atoms with Crippen LogP contribution in [-0.2, 0) is 4.79 Å². The molecule has 12 heavy (non-hydrogen) atoms. The first-order chi connectivity index (χ1) is 5.65. The van der Waals surface area contributed by atoms with E-state index in [0.717, 1.165) is 12.8 Å². The van der Waals surface area contributed by atoms with Crippen molar-refractivity contribution in [3.05, 3.63) is 0 Å².